The summed E-state index contributed by atoms with van der Waals surface area (Å²) in [5.74, 6) is 1.28. The van der Waals surface area contributed by atoms with E-state index >= 15 is 0 Å². The number of halogens is 1. The lowest BCUT2D eigenvalue weighted by Crippen LogP contribution is -2.40. The molecule has 0 unspecified atom stereocenters. The van der Waals surface area contributed by atoms with E-state index in [-0.39, 0.29) is 12.2 Å². The number of nitrogens with zero attached hydrogens (tertiary/aromatic N) is 2. The summed E-state index contributed by atoms with van der Waals surface area (Å²) in [5, 5.41) is 0. The number of allylic oxidation sites excluding steroid dienone is 1. The Hall–Kier alpha value is -3.12. The number of fused-ring (bicyclic) bond motifs is 1. The minimum atomic E-state index is -0.738. The van der Waals surface area contributed by atoms with E-state index in [1.165, 1.54) is 18.4 Å². The SMILES string of the molecule is CCOC(=O)C1=C(C)N=c2s/c(=C\c3ccc(OC)c(I)c3)c(=O)n2[C@@H]1c1ccc(OC)c(OC)c1. The minimum Gasteiger partial charge on any atom is -0.496 e. The molecular weight excluding hydrogens is 595 g/mol. The Balaban J connectivity index is 1.95. The molecule has 0 bridgehead atoms. The van der Waals surface area contributed by atoms with Crippen molar-refractivity contribution in [3.05, 3.63) is 82.1 Å². The average Bonchev–Trinajstić information content (AvgIpc) is 3.17. The Labute approximate surface area is 225 Å². The molecule has 2 heterocycles. The molecule has 4 rings (SSSR count). The lowest BCUT2D eigenvalue weighted by molar-refractivity contribution is -0.139. The topological polar surface area (TPSA) is 88.4 Å². The zero-order chi connectivity index (χ0) is 26.0. The average molecular weight is 620 g/mol. The predicted molar refractivity (Wildman–Crippen MR) is 146 cm³/mol. The van der Waals surface area contributed by atoms with Gasteiger partial charge >= 0.3 is 5.97 Å². The highest BCUT2D eigenvalue weighted by atomic mass is 127. The fraction of sp³-hybridized carbons (Fsp3) is 0.269. The van der Waals surface area contributed by atoms with Crippen LogP contribution in [0.4, 0.5) is 0 Å². The molecule has 0 aliphatic carbocycles. The molecule has 1 atom stereocenters. The van der Waals surface area contributed by atoms with E-state index in [4.69, 9.17) is 18.9 Å². The van der Waals surface area contributed by atoms with Crippen LogP contribution in [0.3, 0.4) is 0 Å². The zero-order valence-corrected chi connectivity index (χ0v) is 23.4. The van der Waals surface area contributed by atoms with Gasteiger partial charge in [0.05, 0.1) is 53.4 Å². The normalized spacial score (nSPS) is 15.3. The van der Waals surface area contributed by atoms with Crippen LogP contribution in [-0.4, -0.2) is 38.5 Å². The number of rotatable bonds is 7. The largest absolute Gasteiger partial charge is 0.496 e. The van der Waals surface area contributed by atoms with Crippen LogP contribution in [0.25, 0.3) is 6.08 Å². The predicted octanol–water partition coefficient (Wildman–Crippen LogP) is 3.43. The molecule has 0 fully saturated rings. The Morgan fingerprint density at radius 2 is 1.78 bits per heavy atom. The van der Waals surface area contributed by atoms with E-state index in [2.05, 4.69) is 27.6 Å². The number of carbonyl (C=O) groups is 1. The van der Waals surface area contributed by atoms with E-state index in [1.54, 1.807) is 44.8 Å². The maximum absolute atomic E-state index is 13.7. The quantitative estimate of drug-likeness (QED) is 0.297. The second-order valence-electron chi connectivity index (χ2n) is 7.81. The van der Waals surface area contributed by atoms with E-state index < -0.39 is 12.0 Å². The number of ether oxygens (including phenoxy) is 4. The van der Waals surface area contributed by atoms with Crippen LogP contribution >= 0.6 is 33.9 Å². The van der Waals surface area contributed by atoms with Gasteiger partial charge in [-0.25, -0.2) is 9.79 Å². The van der Waals surface area contributed by atoms with Crippen molar-refractivity contribution in [3.63, 3.8) is 0 Å². The van der Waals surface area contributed by atoms with Gasteiger partial charge in [0.1, 0.15) is 5.75 Å². The maximum Gasteiger partial charge on any atom is 0.338 e. The smallest absolute Gasteiger partial charge is 0.338 e. The monoisotopic (exact) mass is 620 g/mol. The van der Waals surface area contributed by atoms with Crippen molar-refractivity contribution in [1.82, 2.24) is 4.57 Å². The molecule has 0 amide bonds. The second kappa shape index (κ2) is 10.9. The molecule has 0 radical (unpaired) electrons. The lowest BCUT2D eigenvalue weighted by atomic mass is 9.95. The van der Waals surface area contributed by atoms with Crippen molar-refractivity contribution >= 4 is 46.0 Å². The highest BCUT2D eigenvalue weighted by Crippen LogP contribution is 2.36. The molecule has 10 heteroatoms. The summed E-state index contributed by atoms with van der Waals surface area (Å²) in [6, 6.07) is 10.3. The van der Waals surface area contributed by atoms with Crippen LogP contribution in [0.5, 0.6) is 17.2 Å². The summed E-state index contributed by atoms with van der Waals surface area (Å²) >= 11 is 3.47. The van der Waals surface area contributed by atoms with Gasteiger partial charge in [0.25, 0.3) is 5.56 Å². The van der Waals surface area contributed by atoms with Crippen molar-refractivity contribution in [2.75, 3.05) is 27.9 Å². The summed E-state index contributed by atoms with van der Waals surface area (Å²) in [6.07, 6.45) is 1.82. The minimum absolute atomic E-state index is 0.203. The number of carbonyl (C=O) groups excluding carboxylic acids is 1. The Kier molecular flexibility index (Phi) is 7.84. The Morgan fingerprint density at radius 1 is 1.08 bits per heavy atom. The lowest BCUT2D eigenvalue weighted by Gasteiger charge is -2.25. The molecule has 1 aliphatic rings. The van der Waals surface area contributed by atoms with E-state index in [0.717, 1.165) is 14.9 Å². The van der Waals surface area contributed by atoms with E-state index in [1.807, 2.05) is 30.3 Å². The Bertz CT molecular complexity index is 1540. The van der Waals surface area contributed by atoms with E-state index in [0.29, 0.717) is 37.7 Å². The van der Waals surface area contributed by atoms with Crippen molar-refractivity contribution in [1.29, 1.82) is 0 Å². The van der Waals surface area contributed by atoms with Crippen LogP contribution in [0.1, 0.15) is 31.0 Å². The molecule has 2 aromatic carbocycles. The van der Waals surface area contributed by atoms with Crippen molar-refractivity contribution < 1.29 is 23.7 Å². The van der Waals surface area contributed by atoms with Gasteiger partial charge in [0, 0.05) is 0 Å². The fourth-order valence-corrected chi connectivity index (χ4v) is 5.86. The van der Waals surface area contributed by atoms with Crippen LogP contribution in [0.15, 0.2) is 57.5 Å². The fourth-order valence-electron chi connectivity index (χ4n) is 4.05. The first-order valence-corrected chi connectivity index (χ1v) is 13.0. The molecule has 188 valence electrons. The first kappa shape index (κ1) is 26.0. The molecule has 36 heavy (non-hydrogen) atoms. The summed E-state index contributed by atoms with van der Waals surface area (Å²) in [4.78, 5) is 31.9. The second-order valence-corrected chi connectivity index (χ2v) is 9.98. The standard InChI is InChI=1S/C26H25IN2O6S/c1-6-35-25(31)22-14(2)28-26-29(23(22)16-8-10-19(33-4)20(13-16)34-5)24(30)21(36-26)12-15-7-9-18(32-3)17(27)11-15/h7-13,23H,6H2,1-5H3/b21-12-/t23-/m1/s1. The summed E-state index contributed by atoms with van der Waals surface area (Å²) < 4.78 is 24.5. The third kappa shape index (κ3) is 4.79. The number of benzene rings is 2. The first-order chi connectivity index (χ1) is 17.3. The van der Waals surface area contributed by atoms with Gasteiger partial charge in [0.15, 0.2) is 16.3 Å². The van der Waals surface area contributed by atoms with Crippen molar-refractivity contribution in [2.24, 2.45) is 4.99 Å². The van der Waals surface area contributed by atoms with E-state index in [9.17, 15) is 9.59 Å². The van der Waals surface area contributed by atoms with Gasteiger partial charge in [-0.05, 0) is 77.9 Å². The van der Waals surface area contributed by atoms with Gasteiger partial charge < -0.3 is 18.9 Å². The van der Waals surface area contributed by atoms with Gasteiger partial charge in [0.2, 0.25) is 0 Å². The first-order valence-electron chi connectivity index (χ1n) is 11.1. The van der Waals surface area contributed by atoms with Gasteiger partial charge in [-0.15, -0.1) is 0 Å². The summed E-state index contributed by atoms with van der Waals surface area (Å²) in [5.41, 5.74) is 2.09. The molecule has 0 N–H and O–H groups in total. The zero-order valence-electron chi connectivity index (χ0n) is 20.5. The summed E-state index contributed by atoms with van der Waals surface area (Å²) in [6.45, 7) is 3.70. The molecule has 1 aromatic heterocycles. The number of thiazole rings is 1. The van der Waals surface area contributed by atoms with Crippen LogP contribution in [0, 0.1) is 3.57 Å². The molecule has 3 aromatic rings. The van der Waals surface area contributed by atoms with Crippen molar-refractivity contribution in [2.45, 2.75) is 19.9 Å². The molecular formula is C26H25IN2O6S. The number of hydrogen-bond donors (Lipinski definition) is 0. The molecule has 0 saturated heterocycles. The van der Waals surface area contributed by atoms with Crippen molar-refractivity contribution in [3.8, 4) is 17.2 Å². The highest BCUT2D eigenvalue weighted by molar-refractivity contribution is 14.1. The third-order valence-corrected chi connectivity index (χ3v) is 7.54. The van der Waals surface area contributed by atoms with Gasteiger partial charge in [-0.2, -0.15) is 0 Å². The number of esters is 1. The molecule has 0 saturated carbocycles. The number of hydrogen-bond acceptors (Lipinski definition) is 8. The third-order valence-electron chi connectivity index (χ3n) is 5.71. The Morgan fingerprint density at radius 3 is 2.42 bits per heavy atom. The molecule has 1 aliphatic heterocycles. The number of aromatic nitrogens is 1. The van der Waals surface area contributed by atoms with Crippen LogP contribution < -0.4 is 29.1 Å². The molecule has 0 spiro atoms. The number of methoxy groups -OCH3 is 3. The summed E-state index contributed by atoms with van der Waals surface area (Å²) in [7, 11) is 4.71. The van der Waals surface area contributed by atoms with Crippen LogP contribution in [-0.2, 0) is 9.53 Å². The maximum atomic E-state index is 13.7. The molecule has 8 nitrogen and oxygen atoms in total. The van der Waals surface area contributed by atoms with Gasteiger partial charge in [-0.1, -0.05) is 23.5 Å². The highest BCUT2D eigenvalue weighted by Gasteiger charge is 2.33. The van der Waals surface area contributed by atoms with Crippen LogP contribution in [0.2, 0.25) is 0 Å². The van der Waals surface area contributed by atoms with Gasteiger partial charge in [-0.3, -0.25) is 9.36 Å².